The summed E-state index contributed by atoms with van der Waals surface area (Å²) in [7, 11) is -3.23. The van der Waals surface area contributed by atoms with E-state index in [1.54, 1.807) is 18.7 Å². The van der Waals surface area contributed by atoms with Crippen LogP contribution >= 0.6 is 11.8 Å². The van der Waals surface area contributed by atoms with Gasteiger partial charge in [0, 0.05) is 18.3 Å². The monoisotopic (exact) mass is 240 g/mol. The van der Waals surface area contributed by atoms with Crippen LogP contribution in [-0.4, -0.2) is 38.3 Å². The molecule has 6 heteroatoms. The van der Waals surface area contributed by atoms with Gasteiger partial charge in [-0.3, -0.25) is 0 Å². The first-order valence-electron chi connectivity index (χ1n) is 4.68. The second-order valence-electron chi connectivity index (χ2n) is 3.27. The predicted octanol–water partition coefficient (Wildman–Crippen LogP) is 0.395. The van der Waals surface area contributed by atoms with Crippen molar-refractivity contribution < 1.29 is 8.42 Å². The lowest BCUT2D eigenvalue weighted by atomic mass is 10.3. The molecule has 2 atom stereocenters. The Kier molecular flexibility index (Phi) is 6.76. The topological polar surface area (TPSA) is 72.2 Å². The molecule has 14 heavy (non-hydrogen) atoms. The Bertz CT molecular complexity index is 242. The van der Waals surface area contributed by atoms with Crippen LogP contribution in [0.25, 0.3) is 0 Å². The molecule has 0 spiro atoms. The standard InChI is InChI=1S/C8H20N2O2S2/c1-4-8(6-13-3)10-14(11,12)7(2)5-9/h7-8,10H,4-6,9H2,1-3H3. The summed E-state index contributed by atoms with van der Waals surface area (Å²) < 4.78 is 25.9. The van der Waals surface area contributed by atoms with Gasteiger partial charge in [0.15, 0.2) is 0 Å². The minimum absolute atomic E-state index is 0.0176. The molecule has 0 aromatic carbocycles. The molecule has 0 aromatic heterocycles. The number of rotatable bonds is 7. The summed E-state index contributed by atoms with van der Waals surface area (Å²) in [6, 6.07) is 0.0176. The first-order valence-corrected chi connectivity index (χ1v) is 7.62. The predicted molar refractivity (Wildman–Crippen MR) is 63.0 cm³/mol. The fourth-order valence-corrected chi connectivity index (χ4v) is 2.94. The van der Waals surface area contributed by atoms with Gasteiger partial charge in [-0.15, -0.1) is 0 Å². The van der Waals surface area contributed by atoms with Crippen LogP contribution in [0.5, 0.6) is 0 Å². The Balaban J connectivity index is 4.32. The molecule has 86 valence electrons. The van der Waals surface area contributed by atoms with E-state index in [-0.39, 0.29) is 12.6 Å². The van der Waals surface area contributed by atoms with Gasteiger partial charge in [-0.2, -0.15) is 11.8 Å². The Morgan fingerprint density at radius 3 is 2.43 bits per heavy atom. The molecular formula is C8H20N2O2S2. The summed E-state index contributed by atoms with van der Waals surface area (Å²) in [5, 5.41) is -0.515. The van der Waals surface area contributed by atoms with Crippen molar-refractivity contribution in [3.05, 3.63) is 0 Å². The third kappa shape index (κ3) is 4.63. The summed E-state index contributed by atoms with van der Waals surface area (Å²) in [6.07, 6.45) is 2.76. The Morgan fingerprint density at radius 1 is 1.50 bits per heavy atom. The lowest BCUT2D eigenvalue weighted by molar-refractivity contribution is 0.547. The van der Waals surface area contributed by atoms with Crippen molar-refractivity contribution in [1.29, 1.82) is 0 Å². The second kappa shape index (κ2) is 6.66. The molecule has 0 fully saturated rings. The molecule has 4 nitrogen and oxygen atoms in total. The van der Waals surface area contributed by atoms with Crippen molar-refractivity contribution in [2.24, 2.45) is 5.73 Å². The average Bonchev–Trinajstić information content (AvgIpc) is 2.15. The number of sulfonamides is 1. The van der Waals surface area contributed by atoms with Crippen molar-refractivity contribution in [3.63, 3.8) is 0 Å². The fraction of sp³-hybridized carbons (Fsp3) is 1.00. The molecule has 0 rings (SSSR count). The van der Waals surface area contributed by atoms with Gasteiger partial charge < -0.3 is 5.73 Å². The van der Waals surface area contributed by atoms with Crippen LogP contribution in [0.1, 0.15) is 20.3 Å². The summed E-state index contributed by atoms with van der Waals surface area (Å²) >= 11 is 1.64. The first kappa shape index (κ1) is 14.2. The molecule has 0 aliphatic rings. The van der Waals surface area contributed by atoms with Crippen LogP contribution in [0.15, 0.2) is 0 Å². The van der Waals surface area contributed by atoms with E-state index in [1.165, 1.54) is 0 Å². The van der Waals surface area contributed by atoms with E-state index >= 15 is 0 Å². The SMILES string of the molecule is CCC(CSC)NS(=O)(=O)C(C)CN. The molecule has 0 aliphatic carbocycles. The van der Waals surface area contributed by atoms with E-state index in [2.05, 4.69) is 4.72 Å². The van der Waals surface area contributed by atoms with Gasteiger partial charge in [0.05, 0.1) is 5.25 Å². The second-order valence-corrected chi connectivity index (χ2v) is 6.31. The largest absolute Gasteiger partial charge is 0.329 e. The van der Waals surface area contributed by atoms with Crippen molar-refractivity contribution in [3.8, 4) is 0 Å². The molecule has 0 saturated heterocycles. The number of nitrogens with two attached hydrogens (primary N) is 1. The maximum Gasteiger partial charge on any atom is 0.215 e. The quantitative estimate of drug-likeness (QED) is 0.675. The molecule has 3 N–H and O–H groups in total. The van der Waals surface area contributed by atoms with Crippen LogP contribution in [0.3, 0.4) is 0 Å². The lowest BCUT2D eigenvalue weighted by Gasteiger charge is -2.18. The normalized spacial score (nSPS) is 16.6. The first-order chi connectivity index (χ1) is 6.47. The van der Waals surface area contributed by atoms with Gasteiger partial charge in [0.25, 0.3) is 0 Å². The zero-order valence-corrected chi connectivity index (χ0v) is 10.6. The van der Waals surface area contributed by atoms with E-state index in [9.17, 15) is 8.42 Å². The van der Waals surface area contributed by atoms with E-state index in [1.807, 2.05) is 13.2 Å². The van der Waals surface area contributed by atoms with Crippen molar-refractivity contribution in [1.82, 2.24) is 4.72 Å². The van der Waals surface area contributed by atoms with E-state index < -0.39 is 15.3 Å². The Labute approximate surface area is 91.1 Å². The van der Waals surface area contributed by atoms with E-state index in [0.717, 1.165) is 12.2 Å². The third-order valence-corrected chi connectivity index (χ3v) is 4.70. The molecule has 0 radical (unpaired) electrons. The fourth-order valence-electron chi connectivity index (χ4n) is 0.912. The summed E-state index contributed by atoms with van der Waals surface area (Å²) in [4.78, 5) is 0. The van der Waals surface area contributed by atoms with Gasteiger partial charge in [0.1, 0.15) is 0 Å². The van der Waals surface area contributed by atoms with Crippen molar-refractivity contribution >= 4 is 21.8 Å². The number of thioether (sulfide) groups is 1. The highest BCUT2D eigenvalue weighted by atomic mass is 32.2. The van der Waals surface area contributed by atoms with Crippen LogP contribution in [0.2, 0.25) is 0 Å². The van der Waals surface area contributed by atoms with Crippen LogP contribution < -0.4 is 10.5 Å². The average molecular weight is 240 g/mol. The Hall–Kier alpha value is 0.220. The molecule has 0 amide bonds. The molecule has 2 unspecified atom stereocenters. The highest BCUT2D eigenvalue weighted by Gasteiger charge is 2.22. The maximum atomic E-state index is 11.6. The maximum absolute atomic E-state index is 11.6. The van der Waals surface area contributed by atoms with Gasteiger partial charge in [0.2, 0.25) is 10.0 Å². The summed E-state index contributed by atoms with van der Waals surface area (Å²) in [5.74, 6) is 0.799. The smallest absolute Gasteiger partial charge is 0.215 e. The minimum Gasteiger partial charge on any atom is -0.329 e. The van der Waals surface area contributed by atoms with Gasteiger partial charge in [-0.1, -0.05) is 6.92 Å². The molecule has 0 bridgehead atoms. The molecule has 0 aliphatic heterocycles. The third-order valence-electron chi connectivity index (χ3n) is 2.05. The van der Waals surface area contributed by atoms with E-state index in [0.29, 0.717) is 0 Å². The van der Waals surface area contributed by atoms with Gasteiger partial charge >= 0.3 is 0 Å². The molecule has 0 aromatic rings. The van der Waals surface area contributed by atoms with Crippen LogP contribution in [0.4, 0.5) is 0 Å². The number of hydrogen-bond donors (Lipinski definition) is 2. The van der Waals surface area contributed by atoms with Crippen molar-refractivity contribution in [2.75, 3.05) is 18.6 Å². The van der Waals surface area contributed by atoms with E-state index in [4.69, 9.17) is 5.73 Å². The van der Waals surface area contributed by atoms with Crippen LogP contribution in [-0.2, 0) is 10.0 Å². The number of hydrogen-bond acceptors (Lipinski definition) is 4. The van der Waals surface area contributed by atoms with Crippen LogP contribution in [0, 0.1) is 0 Å². The molecule has 0 saturated carbocycles. The van der Waals surface area contributed by atoms with Crippen molar-refractivity contribution in [2.45, 2.75) is 31.6 Å². The summed E-state index contributed by atoms with van der Waals surface area (Å²) in [5.41, 5.74) is 5.32. The molecule has 0 heterocycles. The van der Waals surface area contributed by atoms with Gasteiger partial charge in [-0.25, -0.2) is 13.1 Å². The highest BCUT2D eigenvalue weighted by molar-refractivity contribution is 7.98. The Morgan fingerprint density at radius 2 is 2.07 bits per heavy atom. The zero-order valence-electron chi connectivity index (χ0n) is 8.99. The minimum atomic E-state index is -3.23. The summed E-state index contributed by atoms with van der Waals surface area (Å²) in [6.45, 7) is 3.75. The molecular weight excluding hydrogens is 220 g/mol. The zero-order chi connectivity index (χ0) is 11.2. The lowest BCUT2D eigenvalue weighted by Crippen LogP contribution is -2.43. The van der Waals surface area contributed by atoms with Gasteiger partial charge in [-0.05, 0) is 19.6 Å². The number of nitrogens with one attached hydrogen (secondary N) is 1. The highest BCUT2D eigenvalue weighted by Crippen LogP contribution is 2.05.